The maximum atomic E-state index is 11.4. The minimum atomic E-state index is -0.432. The van der Waals surface area contributed by atoms with Crippen LogP contribution in [0.4, 0.5) is 5.69 Å². The van der Waals surface area contributed by atoms with Crippen molar-refractivity contribution in [2.45, 2.75) is 11.6 Å². The lowest BCUT2D eigenvalue weighted by atomic mass is 10.1. The first-order chi connectivity index (χ1) is 9.15. The maximum Gasteiger partial charge on any atom is 0.273 e. The van der Waals surface area contributed by atoms with E-state index in [-0.39, 0.29) is 18.0 Å². The van der Waals surface area contributed by atoms with Crippen molar-refractivity contribution in [3.05, 3.63) is 45.8 Å². The summed E-state index contributed by atoms with van der Waals surface area (Å²) in [6, 6.07) is 6.45. The summed E-state index contributed by atoms with van der Waals surface area (Å²) in [5, 5.41) is 15.5. The number of fused-ring (bicyclic) bond motifs is 1. The average Bonchev–Trinajstić information content (AvgIpc) is 2.92. The number of nitrogens with zero attached hydrogens (tertiary/aromatic N) is 4. The molecule has 0 amide bonds. The van der Waals surface area contributed by atoms with Crippen molar-refractivity contribution >= 4 is 23.4 Å². The van der Waals surface area contributed by atoms with Gasteiger partial charge in [0.1, 0.15) is 0 Å². The van der Waals surface area contributed by atoms with Crippen LogP contribution in [0.3, 0.4) is 0 Å². The van der Waals surface area contributed by atoms with Crippen molar-refractivity contribution in [3.8, 4) is 0 Å². The van der Waals surface area contributed by atoms with Crippen LogP contribution in [0.5, 0.6) is 0 Å². The molecular weight excluding hydrogens is 268 g/mol. The molecule has 1 aliphatic heterocycles. The van der Waals surface area contributed by atoms with Crippen LogP contribution in [0.25, 0.3) is 0 Å². The minimum Gasteiger partial charge on any atom is -0.271 e. The smallest absolute Gasteiger partial charge is 0.271 e. The fourth-order valence-electron chi connectivity index (χ4n) is 1.87. The topological polar surface area (TPSA) is 90.9 Å². The van der Waals surface area contributed by atoms with Crippen LogP contribution in [-0.4, -0.2) is 31.3 Å². The molecule has 0 spiro atoms. The molecule has 0 N–H and O–H groups in total. The Balaban J connectivity index is 1.92. The number of aromatic nitrogens is 3. The summed E-state index contributed by atoms with van der Waals surface area (Å²) in [6.07, 6.45) is 0.241. The highest BCUT2D eigenvalue weighted by Crippen LogP contribution is 2.25. The Hall–Kier alpha value is -2.22. The fraction of sp³-hybridized carbons (Fsp3) is 0.182. The Morgan fingerprint density at radius 3 is 2.95 bits per heavy atom. The van der Waals surface area contributed by atoms with Crippen LogP contribution in [0.15, 0.2) is 29.4 Å². The van der Waals surface area contributed by atoms with Gasteiger partial charge in [0.05, 0.1) is 10.7 Å². The summed E-state index contributed by atoms with van der Waals surface area (Å²) in [6.45, 7) is 0. The molecule has 1 aromatic carbocycles. The highest BCUT2D eigenvalue weighted by molar-refractivity contribution is 8.00. The molecule has 7 nitrogen and oxygen atoms in total. The molecule has 1 aromatic heterocycles. The standard InChI is InChI=1S/C11H8N4O3S/c16-10-6-19-11-12-9(13-14(10)11)5-7-3-1-2-4-8(7)15(17)18/h1-4H,5-6H2. The number of carbonyl (C=O) groups excluding carboxylic acids is 1. The van der Waals surface area contributed by atoms with Crippen molar-refractivity contribution in [1.29, 1.82) is 0 Å². The molecule has 0 unspecified atom stereocenters. The number of benzene rings is 1. The number of rotatable bonds is 3. The zero-order valence-corrected chi connectivity index (χ0v) is 10.5. The lowest BCUT2D eigenvalue weighted by Crippen LogP contribution is -2.09. The molecule has 0 atom stereocenters. The Bertz CT molecular complexity index is 682. The van der Waals surface area contributed by atoms with E-state index in [9.17, 15) is 14.9 Å². The summed E-state index contributed by atoms with van der Waals surface area (Å²) in [5.41, 5.74) is 0.575. The molecule has 8 heteroatoms. The quantitative estimate of drug-likeness (QED) is 0.623. The Morgan fingerprint density at radius 1 is 1.42 bits per heavy atom. The summed E-state index contributed by atoms with van der Waals surface area (Å²) in [7, 11) is 0. The number of carbonyl (C=O) groups is 1. The second-order valence-electron chi connectivity index (χ2n) is 3.97. The third-order valence-corrected chi connectivity index (χ3v) is 3.63. The van der Waals surface area contributed by atoms with Crippen LogP contribution < -0.4 is 0 Å². The van der Waals surface area contributed by atoms with Gasteiger partial charge < -0.3 is 0 Å². The van der Waals surface area contributed by atoms with Crippen molar-refractivity contribution < 1.29 is 9.72 Å². The van der Waals surface area contributed by atoms with Gasteiger partial charge in [-0.05, 0) is 0 Å². The SMILES string of the molecule is O=C1CSc2nc(Cc3ccccc3[N+](=O)[O-])nn21. The molecule has 0 aliphatic carbocycles. The summed E-state index contributed by atoms with van der Waals surface area (Å²) in [4.78, 5) is 26.1. The van der Waals surface area contributed by atoms with Gasteiger partial charge in [-0.2, -0.15) is 4.68 Å². The highest BCUT2D eigenvalue weighted by atomic mass is 32.2. The van der Waals surface area contributed by atoms with Crippen LogP contribution in [0.1, 0.15) is 16.2 Å². The second kappa shape index (κ2) is 4.47. The van der Waals surface area contributed by atoms with Crippen LogP contribution in [0.2, 0.25) is 0 Å². The molecule has 0 fully saturated rings. The molecule has 2 aromatic rings. The molecule has 2 heterocycles. The van der Waals surface area contributed by atoms with Gasteiger partial charge in [0, 0.05) is 18.1 Å². The van der Waals surface area contributed by atoms with E-state index in [1.807, 2.05) is 0 Å². The van der Waals surface area contributed by atoms with E-state index < -0.39 is 4.92 Å². The van der Waals surface area contributed by atoms with Crippen molar-refractivity contribution in [2.24, 2.45) is 0 Å². The fourth-order valence-corrected chi connectivity index (χ4v) is 2.67. The first-order valence-electron chi connectivity index (χ1n) is 5.49. The Kier molecular flexibility index (Phi) is 2.79. The molecule has 0 saturated carbocycles. The molecule has 1 aliphatic rings. The number of nitro benzene ring substituents is 1. The first-order valence-corrected chi connectivity index (χ1v) is 6.48. The molecule has 0 saturated heterocycles. The van der Waals surface area contributed by atoms with Gasteiger partial charge in [0.2, 0.25) is 0 Å². The molecule has 0 radical (unpaired) electrons. The van der Waals surface area contributed by atoms with Crippen LogP contribution in [-0.2, 0) is 6.42 Å². The van der Waals surface area contributed by atoms with Crippen molar-refractivity contribution in [2.75, 3.05) is 5.75 Å². The van der Waals surface area contributed by atoms with E-state index in [1.165, 1.54) is 22.5 Å². The lowest BCUT2D eigenvalue weighted by molar-refractivity contribution is -0.385. The Labute approximate surface area is 111 Å². The van der Waals surface area contributed by atoms with Crippen molar-refractivity contribution in [3.63, 3.8) is 0 Å². The van der Waals surface area contributed by atoms with Gasteiger partial charge >= 0.3 is 0 Å². The summed E-state index contributed by atoms with van der Waals surface area (Å²) >= 11 is 1.32. The number of para-hydroxylation sites is 1. The van der Waals surface area contributed by atoms with E-state index in [2.05, 4.69) is 10.1 Å². The van der Waals surface area contributed by atoms with Gasteiger partial charge in [0.15, 0.2) is 11.0 Å². The zero-order chi connectivity index (χ0) is 13.4. The van der Waals surface area contributed by atoms with Crippen LogP contribution in [0, 0.1) is 10.1 Å². The van der Waals surface area contributed by atoms with Crippen molar-refractivity contribution in [1.82, 2.24) is 14.8 Å². The van der Waals surface area contributed by atoms with E-state index in [4.69, 9.17) is 0 Å². The number of hydrogen-bond donors (Lipinski definition) is 0. The molecule has 19 heavy (non-hydrogen) atoms. The van der Waals surface area contributed by atoms with E-state index in [0.717, 1.165) is 0 Å². The number of nitro groups is 1. The molecule has 3 rings (SSSR count). The summed E-state index contributed by atoms with van der Waals surface area (Å²) in [5.74, 6) is 0.660. The van der Waals surface area contributed by atoms with Gasteiger partial charge in [-0.1, -0.05) is 30.0 Å². The highest BCUT2D eigenvalue weighted by Gasteiger charge is 2.24. The van der Waals surface area contributed by atoms with Gasteiger partial charge in [0.25, 0.3) is 11.6 Å². The number of hydrogen-bond acceptors (Lipinski definition) is 6. The number of thioether (sulfide) groups is 1. The zero-order valence-electron chi connectivity index (χ0n) is 9.65. The van der Waals surface area contributed by atoms with Gasteiger partial charge in [-0.25, -0.2) is 4.98 Å². The van der Waals surface area contributed by atoms with E-state index >= 15 is 0 Å². The second-order valence-corrected chi connectivity index (χ2v) is 4.91. The molecular formula is C11H8N4O3S. The summed E-state index contributed by atoms with van der Waals surface area (Å²) < 4.78 is 1.26. The van der Waals surface area contributed by atoms with E-state index in [1.54, 1.807) is 18.2 Å². The van der Waals surface area contributed by atoms with E-state index in [0.29, 0.717) is 22.3 Å². The predicted octanol–water partition coefficient (Wildman–Crippen LogP) is 1.52. The molecule has 96 valence electrons. The maximum absolute atomic E-state index is 11.4. The monoisotopic (exact) mass is 276 g/mol. The first kappa shape index (κ1) is 11.8. The minimum absolute atomic E-state index is 0.0384. The lowest BCUT2D eigenvalue weighted by Gasteiger charge is -1.99. The Morgan fingerprint density at radius 2 is 2.21 bits per heavy atom. The third kappa shape index (κ3) is 2.10. The van der Waals surface area contributed by atoms with Crippen LogP contribution >= 0.6 is 11.8 Å². The molecule has 0 bridgehead atoms. The largest absolute Gasteiger partial charge is 0.273 e. The predicted molar refractivity (Wildman–Crippen MR) is 67.3 cm³/mol. The van der Waals surface area contributed by atoms with Gasteiger partial charge in [-0.15, -0.1) is 5.10 Å². The average molecular weight is 276 g/mol. The van der Waals surface area contributed by atoms with Gasteiger partial charge in [-0.3, -0.25) is 14.9 Å². The normalized spacial score (nSPS) is 13.6. The third-order valence-electron chi connectivity index (χ3n) is 2.72.